The summed E-state index contributed by atoms with van der Waals surface area (Å²) in [5, 5.41) is 31.2. The lowest BCUT2D eigenvalue weighted by molar-refractivity contribution is -0.119. The van der Waals surface area contributed by atoms with E-state index in [0.29, 0.717) is 113 Å². The Balaban J connectivity index is 0.000000153. The molecule has 8 aliphatic rings. The molecular formula is C64H89N9O19S6. The van der Waals surface area contributed by atoms with Gasteiger partial charge >= 0.3 is 0 Å². The van der Waals surface area contributed by atoms with Crippen LogP contribution >= 0.6 is 11.8 Å². The van der Waals surface area contributed by atoms with Gasteiger partial charge in [-0.25, -0.2) is 42.1 Å². The molecule has 0 radical (unpaired) electrons. The number of ether oxygens (including phenoxy) is 3. The second kappa shape index (κ2) is 31.2. The molecule has 8 aliphatic heterocycles. The van der Waals surface area contributed by atoms with Gasteiger partial charge < -0.3 is 35.1 Å². The molecule has 4 spiro atoms. The second-order valence-corrected chi connectivity index (χ2v) is 37.1. The van der Waals surface area contributed by atoms with Crippen molar-refractivity contribution in [3.05, 3.63) is 113 Å². The first-order chi connectivity index (χ1) is 46.2. The molecule has 6 N–H and O–H groups in total. The number of hydrogen-bond acceptors (Lipinski definition) is 23. The molecule has 8 fully saturated rings. The first-order valence-electron chi connectivity index (χ1n) is 32.5. The van der Waals surface area contributed by atoms with Gasteiger partial charge in [-0.3, -0.25) is 29.8 Å². The zero-order valence-corrected chi connectivity index (χ0v) is 60.8. The molecule has 0 unspecified atom stereocenters. The van der Waals surface area contributed by atoms with Gasteiger partial charge in [0.1, 0.15) is 17.2 Å². The third-order valence-corrected chi connectivity index (χ3v) is 30.6. The summed E-state index contributed by atoms with van der Waals surface area (Å²) in [4.78, 5) is 46.0. The van der Waals surface area contributed by atoms with E-state index in [9.17, 15) is 71.5 Å². The molecule has 4 aromatic carbocycles. The minimum atomic E-state index is -3.72. The molecule has 12 rings (SSSR count). The fourth-order valence-electron chi connectivity index (χ4n) is 13.2. The molecule has 28 nitrogen and oxygen atoms in total. The number of ketones is 3. The Morgan fingerprint density at radius 1 is 0.541 bits per heavy atom. The second-order valence-electron chi connectivity index (χ2n) is 25.4. The van der Waals surface area contributed by atoms with Gasteiger partial charge in [0.2, 0.25) is 56.0 Å². The van der Waals surface area contributed by atoms with Crippen LogP contribution in [-0.2, 0) is 77.6 Å². The summed E-state index contributed by atoms with van der Waals surface area (Å²) in [5.41, 5.74) is 0.364. The van der Waals surface area contributed by atoms with Crippen LogP contribution in [-0.4, -0.2) is 229 Å². The maximum atomic E-state index is 13.0. The number of nitrogens with zero attached hydrogens (tertiary/aromatic N) is 5. The number of hydrogen-bond donors (Lipinski definition) is 6. The van der Waals surface area contributed by atoms with E-state index in [1.165, 1.54) is 118 Å². The maximum absolute atomic E-state index is 13.0. The number of methoxy groups -OCH3 is 1. The van der Waals surface area contributed by atoms with Gasteiger partial charge in [-0.05, 0) is 108 Å². The van der Waals surface area contributed by atoms with E-state index in [-0.39, 0.29) is 99.1 Å². The van der Waals surface area contributed by atoms with E-state index < -0.39 is 72.5 Å². The van der Waals surface area contributed by atoms with Crippen molar-refractivity contribution in [2.24, 2.45) is 0 Å². The normalized spacial score (nSPS) is 21.4. The van der Waals surface area contributed by atoms with E-state index in [1.807, 2.05) is 11.8 Å². The maximum Gasteiger partial charge on any atom is 0.243 e. The van der Waals surface area contributed by atoms with Crippen molar-refractivity contribution in [2.75, 3.05) is 105 Å². The van der Waals surface area contributed by atoms with Crippen molar-refractivity contribution in [1.29, 1.82) is 0 Å². The Hall–Kier alpha value is -5.22. The predicted molar refractivity (Wildman–Crippen MR) is 364 cm³/mol. The minimum Gasteiger partial charge on any atom is -0.496 e. The van der Waals surface area contributed by atoms with Crippen LogP contribution in [0.4, 0.5) is 0 Å². The summed E-state index contributed by atoms with van der Waals surface area (Å²) >= 11 is 1.91. The topological polar surface area (TPSA) is 371 Å². The van der Waals surface area contributed by atoms with E-state index in [4.69, 9.17) is 14.2 Å². The van der Waals surface area contributed by atoms with E-state index in [1.54, 1.807) is 30.3 Å². The highest BCUT2D eigenvalue weighted by Crippen LogP contribution is 2.41. The number of Topliss-reactive ketones (excluding diaryl/α,β-unsaturated/α-hetero) is 3. The van der Waals surface area contributed by atoms with Gasteiger partial charge in [0, 0.05) is 132 Å². The molecule has 8 heterocycles. The van der Waals surface area contributed by atoms with Crippen LogP contribution in [0.3, 0.4) is 0 Å². The van der Waals surface area contributed by atoms with Gasteiger partial charge in [-0.2, -0.15) is 21.5 Å². The monoisotopic (exact) mass is 1480 g/mol. The molecule has 0 aliphatic carbocycles. The van der Waals surface area contributed by atoms with Crippen LogP contribution in [0, 0.1) is 0 Å². The number of nitrogens with one attached hydrogen (secondary N) is 4. The quantitative estimate of drug-likeness (QED) is 0.0878. The zero-order valence-electron chi connectivity index (χ0n) is 55.9. The lowest BCUT2D eigenvalue weighted by Gasteiger charge is -2.42. The number of aliphatic hydroxyl groups is 2. The summed E-state index contributed by atoms with van der Waals surface area (Å²) in [5.74, 6) is 1.00. The first-order valence-corrected chi connectivity index (χ1v) is 40.7. The van der Waals surface area contributed by atoms with Crippen LogP contribution in [0.25, 0.3) is 0 Å². The van der Waals surface area contributed by atoms with Crippen LogP contribution in [0.1, 0.15) is 128 Å². The Bertz CT molecular complexity index is 4090. The van der Waals surface area contributed by atoms with Crippen molar-refractivity contribution in [1.82, 2.24) is 42.8 Å². The molecule has 34 heteroatoms. The van der Waals surface area contributed by atoms with E-state index in [2.05, 4.69) is 21.3 Å². The predicted octanol–water partition coefficient (Wildman–Crippen LogP) is 3.02. The highest BCUT2D eigenvalue weighted by Gasteiger charge is 2.52. The van der Waals surface area contributed by atoms with Crippen LogP contribution in [0.5, 0.6) is 5.75 Å². The lowest BCUT2D eigenvalue weighted by atomic mass is 9.99. The summed E-state index contributed by atoms with van der Waals surface area (Å²) in [6.07, 6.45) is 4.47. The van der Waals surface area contributed by atoms with Crippen LogP contribution in [0.15, 0.2) is 105 Å². The van der Waals surface area contributed by atoms with Crippen molar-refractivity contribution in [2.45, 2.75) is 146 Å². The van der Waals surface area contributed by atoms with Crippen molar-refractivity contribution in [3.63, 3.8) is 0 Å². The third-order valence-electron chi connectivity index (χ3n) is 19.1. The van der Waals surface area contributed by atoms with Crippen LogP contribution < -0.4 is 26.0 Å². The number of rotatable bonds is 16. The lowest BCUT2D eigenvalue weighted by Crippen LogP contribution is -2.57. The minimum absolute atomic E-state index is 0.0545. The molecule has 0 atom stereocenters. The van der Waals surface area contributed by atoms with Gasteiger partial charge in [-0.15, -0.1) is 11.8 Å². The van der Waals surface area contributed by atoms with Crippen molar-refractivity contribution < 1.29 is 85.7 Å². The van der Waals surface area contributed by atoms with Gasteiger partial charge in [0.05, 0.1) is 75.4 Å². The number of sulfonamides is 5. The Morgan fingerprint density at radius 2 is 0.980 bits per heavy atom. The largest absolute Gasteiger partial charge is 0.496 e. The van der Waals surface area contributed by atoms with Gasteiger partial charge in [0.25, 0.3) is 0 Å². The van der Waals surface area contributed by atoms with E-state index in [0.717, 1.165) is 31.7 Å². The summed E-state index contributed by atoms with van der Waals surface area (Å²) in [6, 6.07) is 20.8. The molecule has 1 amide bonds. The third kappa shape index (κ3) is 16.8. The molecular weight excluding hydrogens is 1390 g/mol. The molecule has 0 saturated carbocycles. The summed E-state index contributed by atoms with van der Waals surface area (Å²) < 4.78 is 152. The average Bonchev–Trinajstić information content (AvgIpc) is 1.42. The smallest absolute Gasteiger partial charge is 0.243 e. The molecule has 0 bridgehead atoms. The van der Waals surface area contributed by atoms with Crippen LogP contribution in [0.2, 0.25) is 0 Å². The van der Waals surface area contributed by atoms with Crippen molar-refractivity contribution >= 4 is 85.1 Å². The molecule has 4 aromatic rings. The number of thioether (sulfide) groups is 1. The number of aliphatic hydroxyl groups excluding tert-OH is 2. The number of carbonyl (C=O) groups excluding carboxylic acids is 4. The number of benzene rings is 4. The number of amides is 1. The summed E-state index contributed by atoms with van der Waals surface area (Å²) in [6.45, 7) is 13.0. The Morgan fingerprint density at radius 3 is 1.35 bits per heavy atom. The fraction of sp³-hybridized carbons (Fsp3) is 0.562. The SMILES string of the molecule is CC(=O)c1ccc(S(=O)(=O)N2CCC3(CC2)NCC(=O)N3)cc1.CC(=O)c1ccc(S(=O)(=O)N2CCC3(CC2)NCCS3)cc1.CC(=O)c1ccc(S(=O)(=O)N2CCC3(CC2)OCCN3S(=O)(=O)C(C)C)cc1.COc1cc(S(=O)(=O)N2CCC3(CC2)NCCO3)cc(CO)c1CO. The van der Waals surface area contributed by atoms with E-state index >= 15 is 0 Å². The zero-order chi connectivity index (χ0) is 71.3. The fourth-order valence-corrected chi connectivity index (χ4v) is 21.8. The molecule has 8 saturated heterocycles. The van der Waals surface area contributed by atoms with Gasteiger partial charge in [-0.1, -0.05) is 36.4 Å². The Kier molecular flexibility index (Phi) is 24.5. The van der Waals surface area contributed by atoms with Crippen molar-refractivity contribution in [3.8, 4) is 5.75 Å². The molecule has 98 heavy (non-hydrogen) atoms. The highest BCUT2D eigenvalue weighted by atomic mass is 32.2. The molecule has 0 aromatic heterocycles. The summed E-state index contributed by atoms with van der Waals surface area (Å²) in [7, 11) is -16.6. The first kappa shape index (κ1) is 76.9. The number of piperidine rings is 4. The Labute approximate surface area is 579 Å². The standard InChI is InChI=1S/C18H26N2O6S2.C16H24N2O6S.C15H19N3O4S.C15H20N2O3S2/c1-14(2)27(22,23)20-12-13-26-18(20)8-10-19(11-9-18)28(24,25)17-6-4-16(5-7-17)15(3)21;1-23-15-9-13(8-12(10-19)14(15)11-20)25(21,22)18-5-2-16(3-6-18)17-4-7-24-16;1-11(19)12-2-4-13(5-3-12)23(21,22)18-8-6-15(7-9-18)16-10-14(20)17-15;1-12(18)13-2-4-14(5-3-13)22(19,20)17-9-6-15(7-10-17)16-8-11-21-15/h4-7,14H,8-13H2,1-3H3;8-9,17,19-20H,2-7,10-11H2,1H3;2-5,16H,6-10H2,1H3,(H,17,20);2-5,16H,6-11H2,1H3. The average molecular weight is 1480 g/mol. The number of carbonyl (C=O) groups is 4. The highest BCUT2D eigenvalue weighted by molar-refractivity contribution is 8.00. The van der Waals surface area contributed by atoms with Gasteiger partial charge in [0.15, 0.2) is 17.3 Å². The molecule has 540 valence electrons.